The molecule has 0 atom stereocenters. The highest BCUT2D eigenvalue weighted by molar-refractivity contribution is 9.10. The Labute approximate surface area is 137 Å². The summed E-state index contributed by atoms with van der Waals surface area (Å²) in [6.45, 7) is 5.01. The van der Waals surface area contributed by atoms with Crippen LogP contribution in [0.3, 0.4) is 0 Å². The standard InChI is InChI=1S/C15H17BrN4S/c1-3-17-12-9(2)14(20-13(19-12)10-6-7-10)21-15-11(16)5-4-8-18-15/h4-5,8,10H,3,6-7H2,1-2H3,(H,17,19,20). The van der Waals surface area contributed by atoms with Crippen molar-refractivity contribution in [2.45, 2.75) is 42.7 Å². The van der Waals surface area contributed by atoms with Crippen molar-refractivity contribution in [2.75, 3.05) is 11.9 Å². The summed E-state index contributed by atoms with van der Waals surface area (Å²) >= 11 is 5.14. The molecule has 1 fully saturated rings. The van der Waals surface area contributed by atoms with E-state index in [0.29, 0.717) is 5.92 Å². The molecule has 110 valence electrons. The zero-order valence-corrected chi connectivity index (χ0v) is 14.5. The molecule has 0 radical (unpaired) electrons. The van der Waals surface area contributed by atoms with Crippen molar-refractivity contribution in [3.8, 4) is 0 Å². The van der Waals surface area contributed by atoms with Gasteiger partial charge in [-0.25, -0.2) is 15.0 Å². The third-order valence-corrected chi connectivity index (χ3v) is 5.34. The Balaban J connectivity index is 1.98. The summed E-state index contributed by atoms with van der Waals surface area (Å²) in [4.78, 5) is 13.9. The number of hydrogen-bond acceptors (Lipinski definition) is 5. The van der Waals surface area contributed by atoms with Crippen molar-refractivity contribution >= 4 is 33.5 Å². The maximum atomic E-state index is 4.76. The van der Waals surface area contributed by atoms with Gasteiger partial charge in [0, 0.05) is 24.2 Å². The summed E-state index contributed by atoms with van der Waals surface area (Å²) in [5.74, 6) is 2.45. The number of hydrogen-bond donors (Lipinski definition) is 1. The normalized spacial score (nSPS) is 14.2. The highest BCUT2D eigenvalue weighted by atomic mass is 79.9. The molecular formula is C15H17BrN4S. The second-order valence-corrected chi connectivity index (χ2v) is 6.89. The predicted octanol–water partition coefficient (Wildman–Crippen LogP) is 4.40. The first-order chi connectivity index (χ1) is 10.2. The van der Waals surface area contributed by atoms with E-state index in [2.05, 4.69) is 45.1 Å². The number of rotatable bonds is 5. The van der Waals surface area contributed by atoms with E-state index in [0.717, 1.165) is 38.3 Å². The highest BCUT2D eigenvalue weighted by Crippen LogP contribution is 2.41. The van der Waals surface area contributed by atoms with E-state index in [4.69, 9.17) is 4.98 Å². The molecular weight excluding hydrogens is 348 g/mol. The van der Waals surface area contributed by atoms with Gasteiger partial charge in [0.2, 0.25) is 0 Å². The lowest BCUT2D eigenvalue weighted by molar-refractivity contribution is 0.859. The molecule has 2 aromatic heterocycles. The van der Waals surface area contributed by atoms with Crippen molar-refractivity contribution in [3.63, 3.8) is 0 Å². The fourth-order valence-corrected chi connectivity index (χ4v) is 3.36. The smallest absolute Gasteiger partial charge is 0.135 e. The Morgan fingerprint density at radius 2 is 2.14 bits per heavy atom. The van der Waals surface area contributed by atoms with Crippen LogP contribution in [-0.4, -0.2) is 21.5 Å². The van der Waals surface area contributed by atoms with Crippen LogP contribution in [0.1, 0.15) is 37.1 Å². The maximum absolute atomic E-state index is 4.76. The van der Waals surface area contributed by atoms with Gasteiger partial charge < -0.3 is 5.32 Å². The van der Waals surface area contributed by atoms with Crippen molar-refractivity contribution in [2.24, 2.45) is 0 Å². The van der Waals surface area contributed by atoms with Gasteiger partial charge >= 0.3 is 0 Å². The van der Waals surface area contributed by atoms with Crippen LogP contribution in [0.25, 0.3) is 0 Å². The lowest BCUT2D eigenvalue weighted by Gasteiger charge is -2.12. The topological polar surface area (TPSA) is 50.7 Å². The molecule has 0 aliphatic heterocycles. The lowest BCUT2D eigenvalue weighted by atomic mass is 10.3. The molecule has 0 amide bonds. The molecule has 1 aliphatic carbocycles. The monoisotopic (exact) mass is 364 g/mol. The first-order valence-corrected chi connectivity index (χ1v) is 8.70. The first-order valence-electron chi connectivity index (χ1n) is 7.09. The number of pyridine rings is 1. The SMILES string of the molecule is CCNc1nc(C2CC2)nc(Sc2ncccc2Br)c1C. The zero-order valence-electron chi connectivity index (χ0n) is 12.1. The summed E-state index contributed by atoms with van der Waals surface area (Å²) in [6, 6.07) is 3.92. The molecule has 2 aromatic rings. The average molecular weight is 365 g/mol. The van der Waals surface area contributed by atoms with Gasteiger partial charge in [0.15, 0.2) is 0 Å². The second kappa shape index (κ2) is 6.32. The van der Waals surface area contributed by atoms with E-state index in [-0.39, 0.29) is 0 Å². The van der Waals surface area contributed by atoms with Gasteiger partial charge in [0.1, 0.15) is 21.7 Å². The van der Waals surface area contributed by atoms with E-state index in [9.17, 15) is 0 Å². The summed E-state index contributed by atoms with van der Waals surface area (Å²) in [5, 5.41) is 5.27. The van der Waals surface area contributed by atoms with Crippen molar-refractivity contribution < 1.29 is 0 Å². The molecule has 0 unspecified atom stereocenters. The summed E-state index contributed by atoms with van der Waals surface area (Å²) < 4.78 is 0.992. The van der Waals surface area contributed by atoms with Crippen LogP contribution in [0.5, 0.6) is 0 Å². The van der Waals surface area contributed by atoms with Crippen LogP contribution in [-0.2, 0) is 0 Å². The van der Waals surface area contributed by atoms with Crippen LogP contribution in [0.4, 0.5) is 5.82 Å². The van der Waals surface area contributed by atoms with Gasteiger partial charge in [-0.1, -0.05) is 0 Å². The molecule has 1 saturated carbocycles. The zero-order chi connectivity index (χ0) is 14.8. The quantitative estimate of drug-likeness (QED) is 0.796. The van der Waals surface area contributed by atoms with Gasteiger partial charge in [-0.15, -0.1) is 0 Å². The largest absolute Gasteiger partial charge is 0.370 e. The van der Waals surface area contributed by atoms with Crippen LogP contribution in [0.2, 0.25) is 0 Å². The fraction of sp³-hybridized carbons (Fsp3) is 0.400. The fourth-order valence-electron chi connectivity index (χ4n) is 2.01. The Bertz CT molecular complexity index is 658. The average Bonchev–Trinajstić information content (AvgIpc) is 3.30. The minimum absolute atomic E-state index is 0.537. The van der Waals surface area contributed by atoms with Gasteiger partial charge in [0.25, 0.3) is 0 Å². The Kier molecular flexibility index (Phi) is 4.45. The molecule has 2 heterocycles. The Morgan fingerprint density at radius 3 is 2.81 bits per heavy atom. The molecule has 6 heteroatoms. The van der Waals surface area contributed by atoms with Crippen molar-refractivity contribution in [1.82, 2.24) is 15.0 Å². The predicted molar refractivity (Wildman–Crippen MR) is 89.0 cm³/mol. The third-order valence-electron chi connectivity index (χ3n) is 3.32. The first kappa shape index (κ1) is 14.8. The molecule has 0 saturated heterocycles. The minimum Gasteiger partial charge on any atom is -0.370 e. The molecule has 1 aliphatic rings. The number of nitrogens with one attached hydrogen (secondary N) is 1. The van der Waals surface area contributed by atoms with Crippen molar-refractivity contribution in [3.05, 3.63) is 34.2 Å². The summed E-state index contributed by atoms with van der Waals surface area (Å²) in [7, 11) is 0. The lowest BCUT2D eigenvalue weighted by Crippen LogP contribution is -2.07. The van der Waals surface area contributed by atoms with E-state index >= 15 is 0 Å². The number of halogens is 1. The van der Waals surface area contributed by atoms with Gasteiger partial charge in [0.05, 0.1) is 4.47 Å². The van der Waals surface area contributed by atoms with E-state index < -0.39 is 0 Å². The summed E-state index contributed by atoms with van der Waals surface area (Å²) in [5.41, 5.74) is 1.09. The second-order valence-electron chi connectivity index (χ2n) is 5.06. The van der Waals surface area contributed by atoms with E-state index in [1.807, 2.05) is 12.1 Å². The van der Waals surface area contributed by atoms with E-state index in [1.165, 1.54) is 12.8 Å². The number of anilines is 1. The molecule has 0 spiro atoms. The molecule has 0 aromatic carbocycles. The molecule has 0 bridgehead atoms. The Morgan fingerprint density at radius 1 is 1.33 bits per heavy atom. The molecule has 3 rings (SSSR count). The molecule has 1 N–H and O–H groups in total. The van der Waals surface area contributed by atoms with Crippen LogP contribution in [0, 0.1) is 6.92 Å². The van der Waals surface area contributed by atoms with Gasteiger partial charge in [-0.05, 0) is 66.5 Å². The van der Waals surface area contributed by atoms with Gasteiger partial charge in [-0.3, -0.25) is 0 Å². The van der Waals surface area contributed by atoms with E-state index in [1.54, 1.807) is 18.0 Å². The van der Waals surface area contributed by atoms with Crippen LogP contribution < -0.4 is 5.32 Å². The number of aromatic nitrogens is 3. The number of nitrogens with zero attached hydrogens (tertiary/aromatic N) is 3. The molecule has 4 nitrogen and oxygen atoms in total. The molecule has 21 heavy (non-hydrogen) atoms. The van der Waals surface area contributed by atoms with Crippen LogP contribution in [0.15, 0.2) is 32.9 Å². The maximum Gasteiger partial charge on any atom is 0.135 e. The highest BCUT2D eigenvalue weighted by Gasteiger charge is 2.28. The third kappa shape index (κ3) is 3.37. The van der Waals surface area contributed by atoms with Crippen molar-refractivity contribution in [1.29, 1.82) is 0 Å². The van der Waals surface area contributed by atoms with Gasteiger partial charge in [-0.2, -0.15) is 0 Å². The summed E-state index contributed by atoms with van der Waals surface area (Å²) in [6.07, 6.45) is 4.20. The van der Waals surface area contributed by atoms with Crippen LogP contribution >= 0.6 is 27.7 Å². The Hall–Kier alpha value is -1.14. The minimum atomic E-state index is 0.537.